The van der Waals surface area contributed by atoms with Crippen LogP contribution in [0.4, 0.5) is 4.39 Å². The predicted molar refractivity (Wildman–Crippen MR) is 67.9 cm³/mol. The van der Waals surface area contributed by atoms with Gasteiger partial charge in [0.05, 0.1) is 9.89 Å². The lowest BCUT2D eigenvalue weighted by molar-refractivity contribution is -0.154. The van der Waals surface area contributed by atoms with Crippen LogP contribution in [-0.4, -0.2) is 24.3 Å². The largest absolute Gasteiger partial charge is 0.481 e. The van der Waals surface area contributed by atoms with Gasteiger partial charge in [0.15, 0.2) is 0 Å². The zero-order valence-electron chi connectivity index (χ0n) is 9.79. The number of carboxylic acid groups (broad SMARTS) is 1. The van der Waals surface area contributed by atoms with Gasteiger partial charge in [0, 0.05) is 13.2 Å². The number of rotatable bonds is 3. The normalized spacial score (nSPS) is 18.6. The summed E-state index contributed by atoms with van der Waals surface area (Å²) in [6.07, 6.45) is 1.25. The van der Waals surface area contributed by atoms with Crippen LogP contribution in [0.15, 0.2) is 22.7 Å². The Hall–Kier alpha value is -0.940. The Labute approximate surface area is 113 Å². The number of carboxylic acids is 1. The first-order valence-corrected chi connectivity index (χ1v) is 6.58. The van der Waals surface area contributed by atoms with E-state index in [-0.39, 0.29) is 5.82 Å². The third-order valence-corrected chi connectivity index (χ3v) is 4.35. The fraction of sp³-hybridized carbons (Fsp3) is 0.462. The topological polar surface area (TPSA) is 46.5 Å². The van der Waals surface area contributed by atoms with Crippen molar-refractivity contribution in [1.29, 1.82) is 0 Å². The van der Waals surface area contributed by atoms with Crippen LogP contribution in [-0.2, 0) is 16.0 Å². The molecule has 1 aromatic rings. The summed E-state index contributed by atoms with van der Waals surface area (Å²) in [5.74, 6) is -1.19. The van der Waals surface area contributed by atoms with Crippen molar-refractivity contribution < 1.29 is 19.0 Å². The van der Waals surface area contributed by atoms with Gasteiger partial charge in [-0.05, 0) is 46.8 Å². The molecule has 0 radical (unpaired) electrons. The molecule has 0 unspecified atom stereocenters. The maximum absolute atomic E-state index is 13.4. The van der Waals surface area contributed by atoms with E-state index in [4.69, 9.17) is 4.74 Å². The first kappa shape index (κ1) is 13.5. The molecule has 0 atom stereocenters. The van der Waals surface area contributed by atoms with Crippen molar-refractivity contribution in [1.82, 2.24) is 0 Å². The highest BCUT2D eigenvalue weighted by atomic mass is 79.9. The smallest absolute Gasteiger partial charge is 0.310 e. The zero-order valence-corrected chi connectivity index (χ0v) is 11.4. The first-order valence-electron chi connectivity index (χ1n) is 5.79. The Morgan fingerprint density at radius 1 is 1.44 bits per heavy atom. The summed E-state index contributed by atoms with van der Waals surface area (Å²) in [5.41, 5.74) is -0.145. The SMILES string of the molecule is O=C(O)C1(Cc2cccc(F)c2Br)CCOCC1. The van der Waals surface area contributed by atoms with E-state index in [0.29, 0.717) is 42.5 Å². The molecule has 1 fully saturated rings. The second-order valence-corrected chi connectivity index (χ2v) is 5.38. The Kier molecular flexibility index (Phi) is 4.02. The van der Waals surface area contributed by atoms with E-state index < -0.39 is 11.4 Å². The lowest BCUT2D eigenvalue weighted by Gasteiger charge is -2.33. The van der Waals surface area contributed by atoms with Crippen LogP contribution in [0.25, 0.3) is 0 Å². The monoisotopic (exact) mass is 316 g/mol. The summed E-state index contributed by atoms with van der Waals surface area (Å²) < 4.78 is 19.0. The average molecular weight is 317 g/mol. The van der Waals surface area contributed by atoms with Gasteiger partial charge in [0.25, 0.3) is 0 Å². The molecule has 1 heterocycles. The van der Waals surface area contributed by atoms with Crippen molar-refractivity contribution in [2.45, 2.75) is 19.3 Å². The number of aliphatic carboxylic acids is 1. The fourth-order valence-corrected chi connectivity index (χ4v) is 2.68. The maximum atomic E-state index is 13.4. The molecule has 98 valence electrons. The Morgan fingerprint density at radius 2 is 2.11 bits per heavy atom. The number of hydrogen-bond acceptors (Lipinski definition) is 2. The second kappa shape index (κ2) is 5.36. The molecule has 18 heavy (non-hydrogen) atoms. The van der Waals surface area contributed by atoms with Crippen molar-refractivity contribution in [3.05, 3.63) is 34.1 Å². The van der Waals surface area contributed by atoms with Gasteiger partial charge in [0.2, 0.25) is 0 Å². The summed E-state index contributed by atoms with van der Waals surface area (Å²) in [5, 5.41) is 9.45. The number of halogens is 2. The summed E-state index contributed by atoms with van der Waals surface area (Å²) in [4.78, 5) is 11.5. The van der Waals surface area contributed by atoms with Crippen LogP contribution >= 0.6 is 15.9 Å². The van der Waals surface area contributed by atoms with Crippen molar-refractivity contribution in [2.75, 3.05) is 13.2 Å². The Morgan fingerprint density at radius 3 is 2.72 bits per heavy atom. The van der Waals surface area contributed by atoms with Crippen LogP contribution in [0.5, 0.6) is 0 Å². The Bertz CT molecular complexity index is 456. The first-order chi connectivity index (χ1) is 8.55. The molecular formula is C13H14BrFO3. The van der Waals surface area contributed by atoms with Gasteiger partial charge in [-0.15, -0.1) is 0 Å². The van der Waals surface area contributed by atoms with Gasteiger partial charge in [-0.2, -0.15) is 0 Å². The van der Waals surface area contributed by atoms with Gasteiger partial charge in [-0.25, -0.2) is 4.39 Å². The highest BCUT2D eigenvalue weighted by Crippen LogP contribution is 2.37. The summed E-state index contributed by atoms with van der Waals surface area (Å²) in [7, 11) is 0. The van der Waals surface area contributed by atoms with Crippen molar-refractivity contribution in [3.8, 4) is 0 Å². The average Bonchev–Trinajstić information content (AvgIpc) is 2.36. The van der Waals surface area contributed by atoms with Crippen LogP contribution in [0.3, 0.4) is 0 Å². The molecule has 5 heteroatoms. The van der Waals surface area contributed by atoms with Crippen molar-refractivity contribution in [2.24, 2.45) is 5.41 Å². The molecule has 0 spiro atoms. The molecule has 1 saturated heterocycles. The number of benzene rings is 1. The molecule has 3 nitrogen and oxygen atoms in total. The van der Waals surface area contributed by atoms with E-state index in [2.05, 4.69) is 15.9 Å². The van der Waals surface area contributed by atoms with E-state index >= 15 is 0 Å². The third kappa shape index (κ3) is 2.57. The van der Waals surface area contributed by atoms with Gasteiger partial charge >= 0.3 is 5.97 Å². The van der Waals surface area contributed by atoms with E-state index in [1.807, 2.05) is 0 Å². The molecule has 1 aromatic carbocycles. The van der Waals surface area contributed by atoms with Crippen LogP contribution < -0.4 is 0 Å². The molecule has 0 amide bonds. The molecule has 2 rings (SSSR count). The minimum Gasteiger partial charge on any atom is -0.481 e. The molecular weight excluding hydrogens is 303 g/mol. The molecule has 0 aromatic heterocycles. The predicted octanol–water partition coefficient (Wildman–Crippen LogP) is 3.01. The lowest BCUT2D eigenvalue weighted by Crippen LogP contribution is -2.39. The van der Waals surface area contributed by atoms with E-state index in [0.717, 1.165) is 0 Å². The van der Waals surface area contributed by atoms with Crippen LogP contribution in [0.2, 0.25) is 0 Å². The highest BCUT2D eigenvalue weighted by Gasteiger charge is 2.40. The standard InChI is InChI=1S/C13H14BrFO3/c14-11-9(2-1-3-10(11)15)8-13(12(16)17)4-6-18-7-5-13/h1-3H,4-8H2,(H,16,17). The van der Waals surface area contributed by atoms with Gasteiger partial charge in [-0.3, -0.25) is 4.79 Å². The maximum Gasteiger partial charge on any atom is 0.310 e. The van der Waals surface area contributed by atoms with Gasteiger partial charge in [-0.1, -0.05) is 12.1 Å². The van der Waals surface area contributed by atoms with Gasteiger partial charge < -0.3 is 9.84 Å². The van der Waals surface area contributed by atoms with Crippen molar-refractivity contribution in [3.63, 3.8) is 0 Å². The summed E-state index contributed by atoms with van der Waals surface area (Å²) in [6, 6.07) is 4.71. The number of hydrogen-bond donors (Lipinski definition) is 1. The molecule has 1 aliphatic heterocycles. The lowest BCUT2D eigenvalue weighted by atomic mass is 9.75. The zero-order chi connectivity index (χ0) is 13.2. The number of carbonyl (C=O) groups is 1. The number of ether oxygens (including phenoxy) is 1. The van der Waals surface area contributed by atoms with E-state index in [1.54, 1.807) is 12.1 Å². The molecule has 0 aliphatic carbocycles. The van der Waals surface area contributed by atoms with Crippen LogP contribution in [0, 0.1) is 11.2 Å². The molecule has 0 bridgehead atoms. The minimum absolute atomic E-state index is 0.323. The minimum atomic E-state index is -0.839. The van der Waals surface area contributed by atoms with E-state index in [9.17, 15) is 14.3 Å². The van der Waals surface area contributed by atoms with E-state index in [1.165, 1.54) is 6.07 Å². The highest BCUT2D eigenvalue weighted by molar-refractivity contribution is 9.10. The second-order valence-electron chi connectivity index (χ2n) is 4.59. The molecule has 0 saturated carbocycles. The Balaban J connectivity index is 2.29. The fourth-order valence-electron chi connectivity index (χ4n) is 2.28. The quantitative estimate of drug-likeness (QED) is 0.932. The van der Waals surface area contributed by atoms with Crippen molar-refractivity contribution >= 4 is 21.9 Å². The van der Waals surface area contributed by atoms with Gasteiger partial charge in [0.1, 0.15) is 5.82 Å². The summed E-state index contributed by atoms with van der Waals surface area (Å²) >= 11 is 3.18. The molecule has 1 N–H and O–H groups in total. The van der Waals surface area contributed by atoms with Crippen LogP contribution in [0.1, 0.15) is 18.4 Å². The third-order valence-electron chi connectivity index (χ3n) is 3.46. The molecule has 1 aliphatic rings. The summed E-state index contributed by atoms with van der Waals surface area (Å²) in [6.45, 7) is 0.887.